The summed E-state index contributed by atoms with van der Waals surface area (Å²) in [7, 11) is -3.83. The van der Waals surface area contributed by atoms with E-state index in [4.69, 9.17) is 0 Å². The van der Waals surface area contributed by atoms with Crippen LogP contribution in [0.25, 0.3) is 0 Å². The van der Waals surface area contributed by atoms with Crippen molar-refractivity contribution in [2.24, 2.45) is 0 Å². The molecule has 0 heterocycles. The first-order valence-electron chi connectivity index (χ1n) is 9.70. The fraction of sp³-hybridized carbons (Fsp3) is 0.208. The minimum atomic E-state index is -3.83. The van der Waals surface area contributed by atoms with Crippen LogP contribution in [0.4, 0.5) is 5.69 Å². The van der Waals surface area contributed by atoms with Crippen molar-refractivity contribution < 1.29 is 13.2 Å². The number of benzene rings is 3. The van der Waals surface area contributed by atoms with Crippen LogP contribution in [0.5, 0.6) is 0 Å². The number of anilines is 1. The Morgan fingerprint density at radius 3 is 2.27 bits per heavy atom. The number of nitrogens with one attached hydrogen (secondary N) is 2. The minimum absolute atomic E-state index is 0.0870. The van der Waals surface area contributed by atoms with E-state index in [1.807, 2.05) is 51.1 Å². The molecule has 0 spiro atoms. The number of sulfonamides is 1. The molecule has 1 amide bonds. The molecule has 0 aliphatic rings. The third-order valence-electron chi connectivity index (χ3n) is 5.03. The lowest BCUT2D eigenvalue weighted by Gasteiger charge is -2.13. The average Bonchev–Trinajstić information content (AvgIpc) is 2.69. The number of hydrogen-bond acceptors (Lipinski definition) is 3. The van der Waals surface area contributed by atoms with Crippen LogP contribution in [0.3, 0.4) is 0 Å². The molecule has 0 atom stereocenters. The van der Waals surface area contributed by atoms with E-state index in [1.165, 1.54) is 6.07 Å². The number of carbonyl (C=O) groups is 1. The Morgan fingerprint density at radius 1 is 0.833 bits per heavy atom. The van der Waals surface area contributed by atoms with Gasteiger partial charge < -0.3 is 5.32 Å². The summed E-state index contributed by atoms with van der Waals surface area (Å²) >= 11 is 0. The number of hydrogen-bond donors (Lipinski definition) is 2. The molecule has 0 aromatic heterocycles. The van der Waals surface area contributed by atoms with E-state index < -0.39 is 10.0 Å². The molecule has 0 saturated heterocycles. The molecule has 0 radical (unpaired) electrons. The summed E-state index contributed by atoms with van der Waals surface area (Å²) in [4.78, 5) is 12.7. The molecule has 3 aromatic carbocycles. The fourth-order valence-electron chi connectivity index (χ4n) is 3.15. The van der Waals surface area contributed by atoms with Crippen molar-refractivity contribution in [1.82, 2.24) is 5.32 Å². The van der Waals surface area contributed by atoms with Crippen LogP contribution < -0.4 is 10.0 Å². The molecule has 3 rings (SSSR count). The van der Waals surface area contributed by atoms with Crippen molar-refractivity contribution >= 4 is 21.6 Å². The van der Waals surface area contributed by atoms with Crippen molar-refractivity contribution in [2.75, 3.05) is 4.72 Å². The first-order valence-corrected chi connectivity index (χ1v) is 11.2. The molecule has 5 nitrogen and oxygen atoms in total. The number of rotatable bonds is 6. The van der Waals surface area contributed by atoms with Gasteiger partial charge in [-0.15, -0.1) is 0 Å². The monoisotopic (exact) mass is 422 g/mol. The second kappa shape index (κ2) is 8.71. The molecule has 30 heavy (non-hydrogen) atoms. The minimum Gasteiger partial charge on any atom is -0.348 e. The summed E-state index contributed by atoms with van der Waals surface area (Å²) in [5, 5.41) is 2.85. The Kier molecular flexibility index (Phi) is 6.27. The van der Waals surface area contributed by atoms with Crippen molar-refractivity contribution in [1.29, 1.82) is 0 Å². The second-order valence-corrected chi connectivity index (χ2v) is 9.21. The van der Waals surface area contributed by atoms with E-state index in [0.29, 0.717) is 23.4 Å². The molecule has 0 unspecified atom stereocenters. The molecule has 0 fully saturated rings. The highest BCUT2D eigenvalue weighted by Gasteiger charge is 2.19. The number of amides is 1. The summed E-state index contributed by atoms with van der Waals surface area (Å²) < 4.78 is 28.5. The molecule has 6 heteroatoms. The van der Waals surface area contributed by atoms with Crippen molar-refractivity contribution in [3.8, 4) is 0 Å². The van der Waals surface area contributed by atoms with Crippen molar-refractivity contribution in [3.05, 3.63) is 94.0 Å². The average molecular weight is 423 g/mol. The molecule has 0 aliphatic carbocycles. The second-order valence-electron chi connectivity index (χ2n) is 7.56. The highest BCUT2D eigenvalue weighted by Crippen LogP contribution is 2.22. The smallest absolute Gasteiger partial charge is 0.262 e. The number of aryl methyl sites for hydroxylation is 4. The van der Waals surface area contributed by atoms with Gasteiger partial charge in [0.2, 0.25) is 0 Å². The van der Waals surface area contributed by atoms with Gasteiger partial charge in [-0.1, -0.05) is 42.0 Å². The quantitative estimate of drug-likeness (QED) is 0.607. The summed E-state index contributed by atoms with van der Waals surface area (Å²) in [6.07, 6.45) is 0. The van der Waals surface area contributed by atoms with E-state index in [2.05, 4.69) is 10.0 Å². The van der Waals surface area contributed by atoms with Gasteiger partial charge in [0.1, 0.15) is 0 Å². The van der Waals surface area contributed by atoms with Gasteiger partial charge in [0.25, 0.3) is 15.9 Å². The summed E-state index contributed by atoms with van der Waals surface area (Å²) in [6, 6.07) is 18.0. The van der Waals surface area contributed by atoms with Gasteiger partial charge in [0.05, 0.1) is 4.90 Å². The van der Waals surface area contributed by atoms with Gasteiger partial charge >= 0.3 is 0 Å². The SMILES string of the molecule is Cc1cccc(CNC(=O)c2ccc(C)c(S(=O)(=O)Nc3ccc(C)c(C)c3)c2)c1. The summed E-state index contributed by atoms with van der Waals surface area (Å²) in [6.45, 7) is 7.97. The van der Waals surface area contributed by atoms with Crippen LogP contribution in [0.2, 0.25) is 0 Å². The van der Waals surface area contributed by atoms with E-state index >= 15 is 0 Å². The zero-order chi connectivity index (χ0) is 21.9. The Bertz CT molecular complexity index is 1200. The molecule has 156 valence electrons. The topological polar surface area (TPSA) is 75.3 Å². The zero-order valence-electron chi connectivity index (χ0n) is 17.6. The van der Waals surface area contributed by atoms with E-state index in [9.17, 15) is 13.2 Å². The molecular formula is C24H26N2O3S. The van der Waals surface area contributed by atoms with Gasteiger partial charge in [0, 0.05) is 17.8 Å². The van der Waals surface area contributed by atoms with E-state index in [-0.39, 0.29) is 10.8 Å². The first kappa shape index (κ1) is 21.6. The summed E-state index contributed by atoms with van der Waals surface area (Å²) in [5.41, 5.74) is 5.54. The third-order valence-corrected chi connectivity index (χ3v) is 6.56. The standard InChI is InChI=1S/C24H26N2O3S/c1-16-6-5-7-20(12-16)15-25-24(27)21-10-8-18(3)23(14-21)30(28,29)26-22-11-9-17(2)19(4)13-22/h5-14,26H,15H2,1-4H3,(H,25,27). The number of carbonyl (C=O) groups excluding carboxylic acids is 1. The Morgan fingerprint density at radius 2 is 1.57 bits per heavy atom. The van der Waals surface area contributed by atoms with Crippen LogP contribution in [0, 0.1) is 27.7 Å². The Hall–Kier alpha value is -3.12. The Balaban J connectivity index is 1.81. The van der Waals surface area contributed by atoms with Crippen LogP contribution >= 0.6 is 0 Å². The highest BCUT2D eigenvalue weighted by atomic mass is 32.2. The maximum Gasteiger partial charge on any atom is 0.262 e. The maximum absolute atomic E-state index is 13.0. The lowest BCUT2D eigenvalue weighted by Crippen LogP contribution is -2.23. The van der Waals surface area contributed by atoms with Gasteiger partial charge in [-0.25, -0.2) is 8.42 Å². The lowest BCUT2D eigenvalue weighted by atomic mass is 10.1. The van der Waals surface area contributed by atoms with Crippen LogP contribution in [-0.2, 0) is 16.6 Å². The predicted molar refractivity (Wildman–Crippen MR) is 120 cm³/mol. The predicted octanol–water partition coefficient (Wildman–Crippen LogP) is 4.65. The molecular weight excluding hydrogens is 396 g/mol. The molecule has 2 N–H and O–H groups in total. The van der Waals surface area contributed by atoms with Crippen molar-refractivity contribution in [2.45, 2.75) is 39.1 Å². The maximum atomic E-state index is 13.0. The molecule has 3 aromatic rings. The largest absolute Gasteiger partial charge is 0.348 e. The highest BCUT2D eigenvalue weighted by molar-refractivity contribution is 7.92. The normalized spacial score (nSPS) is 11.2. The molecule has 0 bridgehead atoms. The van der Waals surface area contributed by atoms with Gasteiger partial charge in [-0.3, -0.25) is 9.52 Å². The van der Waals surface area contributed by atoms with Crippen molar-refractivity contribution in [3.63, 3.8) is 0 Å². The van der Waals surface area contributed by atoms with Crippen LogP contribution in [0.15, 0.2) is 65.6 Å². The fourth-order valence-corrected chi connectivity index (χ4v) is 4.47. The van der Waals surface area contributed by atoms with Crippen LogP contribution in [0.1, 0.15) is 38.2 Å². The van der Waals surface area contributed by atoms with Gasteiger partial charge in [0.15, 0.2) is 0 Å². The van der Waals surface area contributed by atoms with E-state index in [0.717, 1.165) is 22.3 Å². The molecule has 0 aliphatic heterocycles. The Labute approximate surface area is 178 Å². The first-order chi connectivity index (χ1) is 14.2. The summed E-state index contributed by atoms with van der Waals surface area (Å²) in [5.74, 6) is -0.320. The van der Waals surface area contributed by atoms with Gasteiger partial charge in [-0.05, 0) is 74.2 Å². The van der Waals surface area contributed by atoms with Gasteiger partial charge in [-0.2, -0.15) is 0 Å². The third kappa shape index (κ3) is 5.07. The van der Waals surface area contributed by atoms with E-state index in [1.54, 1.807) is 31.2 Å². The molecule has 0 saturated carbocycles. The lowest BCUT2D eigenvalue weighted by molar-refractivity contribution is 0.0950. The van der Waals surface area contributed by atoms with Crippen LogP contribution in [-0.4, -0.2) is 14.3 Å². The zero-order valence-corrected chi connectivity index (χ0v) is 18.4.